The molecule has 0 spiro atoms. The highest BCUT2D eigenvalue weighted by Gasteiger charge is 2.81. The number of aliphatic carboxylic acids is 5. The summed E-state index contributed by atoms with van der Waals surface area (Å²) >= 11 is 0. The molecule has 9 N–H and O–H groups in total. The van der Waals surface area contributed by atoms with Crippen LogP contribution in [0, 0.1) is 0 Å². The summed E-state index contributed by atoms with van der Waals surface area (Å²) in [6, 6.07) is 0. The third-order valence-corrected chi connectivity index (χ3v) is 29.8. The fraction of sp³-hybridized carbons (Fsp3) is 0.276. The minimum Gasteiger partial charge on any atom is -0.481 e. The molecule has 15 nitrogen and oxygen atoms in total. The van der Waals surface area contributed by atoms with E-state index in [1.807, 2.05) is 0 Å². The number of likely N-dealkylation sites (N-methyl/N-ethyl adjacent to an activating group) is 1. The first-order chi connectivity index (χ1) is 44.3. The minimum absolute atomic E-state index is 0.0681. The van der Waals surface area contributed by atoms with Gasteiger partial charge in [-0.3, -0.25) is 28.9 Å². The first kappa shape index (κ1) is 42.6. The number of carboxylic acid groups (broad SMARTS) is 5. The van der Waals surface area contributed by atoms with E-state index in [9.17, 15) is 49.5 Å². The standard InChI is InChI=1S/C76H37N5O10/c1-81(11-6-16(90)91)76-64-51-24-20-19-25-26-21(24)31-42-37-41(26)58-40(25)38-43-34(19)55-36(20)57(64)68-69(76)54-35-22-23-17-18-27-28(22)52(54)66-65-44(27)33-30(18)46-45-29(17)32-39(23)63-56(35)70(76)67(53(31)51)73(63,78-8-3-13(84)85)59(42)47(32)49(37)60(45)72(58,77-7-2-12(82)83)61(46)50(38)48(33)62(43)74(65,79-9-4-14(86)87)71(55)75(66,68)80-10-5-15(88)89/h58-59,62,68,70,77-80H,2-11H2,1H3,(H,82,83)(H,84,85)(H,86,87)(H,88,89)(H,90,91). The fourth-order valence-corrected chi connectivity index (χ4v) is 29.6. The van der Waals surface area contributed by atoms with Gasteiger partial charge in [-0.25, -0.2) is 0 Å². The lowest BCUT2D eigenvalue weighted by Gasteiger charge is -2.55. The highest BCUT2D eigenvalue weighted by atomic mass is 16.4. The number of hydrogen-bond donors (Lipinski definition) is 9. The van der Waals surface area contributed by atoms with Crippen molar-refractivity contribution in [2.75, 3.05) is 39.8 Å². The van der Waals surface area contributed by atoms with Gasteiger partial charge in [0, 0.05) is 62.3 Å². The van der Waals surface area contributed by atoms with Gasteiger partial charge in [-0.05, 0) is 280 Å². The number of carbonyl (C=O) groups is 5. The molecule has 15 aromatic rings. The van der Waals surface area contributed by atoms with Crippen molar-refractivity contribution in [3.05, 3.63) is 93.5 Å². The van der Waals surface area contributed by atoms with Crippen molar-refractivity contribution in [1.82, 2.24) is 26.2 Å². The van der Waals surface area contributed by atoms with E-state index in [0.717, 1.165) is 0 Å². The van der Waals surface area contributed by atoms with Crippen molar-refractivity contribution in [2.45, 2.75) is 89.4 Å². The predicted octanol–water partition coefficient (Wildman–Crippen LogP) is 7.65. The number of benzene rings is 10. The van der Waals surface area contributed by atoms with Gasteiger partial charge in [-0.1, -0.05) is 0 Å². The normalized spacial score (nSPS) is 30.4. The summed E-state index contributed by atoms with van der Waals surface area (Å²) in [5, 5.41) is 110. The Balaban J connectivity index is 1.01. The molecule has 17 aliphatic rings. The summed E-state index contributed by atoms with van der Waals surface area (Å²) in [5.41, 5.74) is 22.4. The molecule has 0 heterocycles. The Morgan fingerprint density at radius 1 is 0.319 bits per heavy atom. The summed E-state index contributed by atoms with van der Waals surface area (Å²) in [6.45, 7) is 1.05. The number of hydrogen-bond acceptors (Lipinski definition) is 10. The predicted molar refractivity (Wildman–Crippen MR) is 337 cm³/mol. The highest BCUT2D eigenvalue weighted by molar-refractivity contribution is 6.62. The van der Waals surface area contributed by atoms with Crippen LogP contribution in [-0.2, 0) is 51.7 Å². The molecule has 0 radical (unpaired) electrons. The second-order valence-corrected chi connectivity index (χ2v) is 31.1. The van der Waals surface area contributed by atoms with Gasteiger partial charge >= 0.3 is 29.8 Å². The molecule has 15 heteroatoms. The Bertz CT molecular complexity index is 7220. The van der Waals surface area contributed by atoms with Crippen LogP contribution in [0.2, 0.25) is 0 Å². The van der Waals surface area contributed by atoms with E-state index in [0.29, 0.717) is 0 Å². The molecule has 32 rings (SSSR count). The van der Waals surface area contributed by atoms with Crippen molar-refractivity contribution in [3.63, 3.8) is 0 Å². The van der Waals surface area contributed by atoms with Crippen LogP contribution in [0.4, 0.5) is 0 Å². The quantitative estimate of drug-likeness (QED) is 0.0333. The zero-order valence-electron chi connectivity index (χ0n) is 47.7. The molecular weight excluding hydrogens is 1140 g/mol. The number of nitrogens with zero attached hydrogens (tertiary/aromatic N) is 1. The first-order valence-electron chi connectivity index (χ1n) is 32.9. The molecule has 0 saturated heterocycles. The minimum atomic E-state index is -1.09. The molecule has 15 aromatic carbocycles. The third kappa shape index (κ3) is 2.83. The maximum atomic E-state index is 13.5. The van der Waals surface area contributed by atoms with Crippen LogP contribution in [-0.4, -0.2) is 100 Å². The van der Waals surface area contributed by atoms with Gasteiger partial charge in [0.25, 0.3) is 0 Å². The Kier molecular flexibility index (Phi) is 5.06. The smallest absolute Gasteiger partial charge is 0.304 e. The van der Waals surface area contributed by atoms with E-state index in [4.69, 9.17) is 0 Å². The van der Waals surface area contributed by atoms with E-state index >= 15 is 0 Å². The molecule has 10 unspecified atom stereocenters. The lowest BCUT2D eigenvalue weighted by atomic mass is 9.56. The zero-order valence-corrected chi connectivity index (χ0v) is 47.7. The van der Waals surface area contributed by atoms with Crippen molar-refractivity contribution in [1.29, 1.82) is 0 Å². The van der Waals surface area contributed by atoms with Gasteiger partial charge in [0.15, 0.2) is 0 Å². The van der Waals surface area contributed by atoms with Crippen molar-refractivity contribution in [3.8, 4) is 22.3 Å². The van der Waals surface area contributed by atoms with Gasteiger partial charge in [-0.15, -0.1) is 0 Å². The first-order valence-corrected chi connectivity index (χ1v) is 32.9. The summed E-state index contributed by atoms with van der Waals surface area (Å²) in [7, 11) is 2.22. The average molecular weight is 1180 g/mol. The van der Waals surface area contributed by atoms with E-state index < -0.39 is 63.5 Å². The van der Waals surface area contributed by atoms with E-state index in [1.54, 1.807) is 0 Å². The summed E-state index contributed by atoms with van der Waals surface area (Å²) in [5.74, 6) is -5.96. The lowest BCUT2D eigenvalue weighted by molar-refractivity contribution is -0.138. The van der Waals surface area contributed by atoms with E-state index in [1.165, 1.54) is 273 Å². The largest absolute Gasteiger partial charge is 0.481 e. The van der Waals surface area contributed by atoms with Gasteiger partial charge in [0.1, 0.15) is 0 Å². The molecule has 0 saturated carbocycles. The third-order valence-electron chi connectivity index (χ3n) is 29.8. The lowest BCUT2D eigenvalue weighted by Crippen LogP contribution is -2.61. The molecule has 10 atom stereocenters. The number of rotatable bonds is 20. The van der Waals surface area contributed by atoms with Crippen molar-refractivity contribution in [2.24, 2.45) is 0 Å². The molecule has 91 heavy (non-hydrogen) atoms. The second kappa shape index (κ2) is 10.8. The number of nitrogens with one attached hydrogen (secondary N) is 4. The Morgan fingerprint density at radius 3 is 1.25 bits per heavy atom. The SMILES string of the molecule is CN(CCC(=O)O)C12C3=c4c5c6c7c8c9c%10c%11c%12c%13c%14c%15c%16c%17c%18c%19c%20c(c4c4c5c8c(c%139)c(c%14%18)c%194)C4(NCCC(=O)O)C5=c8c9c(c-%16c%13c%14c%16c(c-%11c%11c%18c(c%19c1c(c8c(c9%14)c%19c%18%16)C34)=C(C62)C7(NCCC(=O)O)C%11%10)C%13C%12%15NCCC(=O)O)C%17C5%20NCCC(=O)O. The van der Waals surface area contributed by atoms with Crippen LogP contribution in [0.15, 0.2) is 0 Å². The molecule has 0 bridgehead atoms. The molecule has 0 aromatic heterocycles. The van der Waals surface area contributed by atoms with Crippen molar-refractivity contribution >= 4 is 187 Å². The van der Waals surface area contributed by atoms with Crippen LogP contribution < -0.4 is 36.9 Å². The van der Waals surface area contributed by atoms with Gasteiger partial charge in [-0.2, -0.15) is 0 Å². The molecule has 0 amide bonds. The van der Waals surface area contributed by atoms with Crippen LogP contribution >= 0.6 is 0 Å². The maximum Gasteiger partial charge on any atom is 0.304 e. The fourth-order valence-electron chi connectivity index (χ4n) is 29.6. The van der Waals surface area contributed by atoms with Gasteiger partial charge in [0.2, 0.25) is 0 Å². The Morgan fingerprint density at radius 2 is 0.670 bits per heavy atom. The van der Waals surface area contributed by atoms with Crippen LogP contribution in [0.25, 0.3) is 179 Å². The molecular formula is C76H37N5O10. The topological polar surface area (TPSA) is 238 Å². The monoisotopic (exact) mass is 1180 g/mol. The maximum absolute atomic E-state index is 13.5. The Labute approximate surface area is 504 Å². The molecule has 0 aliphatic heterocycles. The summed E-state index contributed by atoms with van der Waals surface area (Å²) in [4.78, 5) is 69.4. The van der Waals surface area contributed by atoms with Crippen LogP contribution in [0.1, 0.15) is 140 Å². The average Bonchev–Trinajstić information content (AvgIpc) is 1.38. The summed E-state index contributed by atoms with van der Waals surface area (Å²) in [6.07, 6.45) is -0.503. The van der Waals surface area contributed by atoms with Gasteiger partial charge < -0.3 is 46.8 Å². The van der Waals surface area contributed by atoms with E-state index in [2.05, 4.69) is 33.2 Å². The van der Waals surface area contributed by atoms with Gasteiger partial charge in [0.05, 0.1) is 59.8 Å². The summed E-state index contributed by atoms with van der Waals surface area (Å²) < 4.78 is 0. The van der Waals surface area contributed by atoms with Crippen LogP contribution in [0.3, 0.4) is 0 Å². The molecule has 0 fully saturated rings. The second-order valence-electron chi connectivity index (χ2n) is 31.1. The van der Waals surface area contributed by atoms with Crippen LogP contribution in [0.5, 0.6) is 0 Å². The van der Waals surface area contributed by atoms with Crippen molar-refractivity contribution < 1.29 is 49.5 Å². The Hall–Kier alpha value is -9.35. The molecule has 17 aliphatic carbocycles. The van der Waals surface area contributed by atoms with E-state index in [-0.39, 0.29) is 88.5 Å². The molecule has 426 valence electrons. The number of carboxylic acids is 5. The zero-order chi connectivity index (χ0) is 58.6. The highest BCUT2D eigenvalue weighted by Crippen LogP contribution is 2.90.